The smallest absolute Gasteiger partial charge is 0.337 e. The second kappa shape index (κ2) is 6.96. The van der Waals surface area contributed by atoms with Crippen LogP contribution in [0.25, 0.3) is 10.2 Å². The number of amides is 1. The highest BCUT2D eigenvalue weighted by molar-refractivity contribution is 7.20. The molecule has 0 saturated carbocycles. The van der Waals surface area contributed by atoms with Gasteiger partial charge in [0.05, 0.1) is 15.8 Å². The Morgan fingerprint density at radius 2 is 1.81 bits per heavy atom. The first-order valence-electron chi connectivity index (χ1n) is 8.74. The average molecular weight is 390 g/mol. The highest BCUT2D eigenvalue weighted by atomic mass is 32.1. The lowest BCUT2D eigenvalue weighted by Gasteiger charge is -2.32. The van der Waals surface area contributed by atoms with Crippen molar-refractivity contribution >= 4 is 27.5 Å². The fourth-order valence-electron chi connectivity index (χ4n) is 3.48. The topological polar surface area (TPSA) is 33.2 Å². The lowest BCUT2D eigenvalue weighted by Crippen LogP contribution is -2.37. The summed E-state index contributed by atoms with van der Waals surface area (Å²) in [6.45, 7) is 1.05. The molecule has 140 valence electrons. The number of aromatic nitrogens is 1. The number of carbonyl (C=O) groups is 1. The van der Waals surface area contributed by atoms with E-state index in [1.807, 2.05) is 24.3 Å². The average Bonchev–Trinajstić information content (AvgIpc) is 3.11. The number of benzene rings is 2. The van der Waals surface area contributed by atoms with E-state index >= 15 is 0 Å². The molecule has 4 rings (SSSR count). The molecule has 0 atom stereocenters. The van der Waals surface area contributed by atoms with Crippen molar-refractivity contribution in [3.05, 3.63) is 64.7 Å². The number of nitrogens with zero attached hydrogens (tertiary/aromatic N) is 2. The second-order valence-electron chi connectivity index (χ2n) is 6.68. The van der Waals surface area contributed by atoms with Crippen LogP contribution >= 0.6 is 11.3 Å². The number of alkyl halides is 3. The van der Waals surface area contributed by atoms with Crippen molar-refractivity contribution in [3.8, 4) is 0 Å². The lowest BCUT2D eigenvalue weighted by molar-refractivity contribution is -0.137. The minimum absolute atomic E-state index is 0.0340. The summed E-state index contributed by atoms with van der Waals surface area (Å²) < 4.78 is 39.7. The maximum Gasteiger partial charge on any atom is 0.416 e. The summed E-state index contributed by atoms with van der Waals surface area (Å²) in [7, 11) is 0. The van der Waals surface area contributed by atoms with E-state index in [9.17, 15) is 18.0 Å². The number of para-hydroxylation sites is 1. The molecular formula is C20H17F3N2OS. The Hall–Kier alpha value is -2.41. The summed E-state index contributed by atoms with van der Waals surface area (Å²) in [5, 5.41) is 0.466. The zero-order valence-electron chi connectivity index (χ0n) is 14.4. The van der Waals surface area contributed by atoms with Gasteiger partial charge < -0.3 is 4.90 Å². The highest BCUT2D eigenvalue weighted by Crippen LogP contribution is 2.34. The van der Waals surface area contributed by atoms with E-state index < -0.39 is 11.7 Å². The normalized spacial score (nSPS) is 16.0. The zero-order valence-corrected chi connectivity index (χ0v) is 15.2. The SMILES string of the molecule is O=C(c1nc2ccccc2s1)N1CCC(c2cccc(C(F)(F)F)c2)CC1. The summed E-state index contributed by atoms with van der Waals surface area (Å²) in [4.78, 5) is 18.9. The van der Waals surface area contributed by atoms with Crippen molar-refractivity contribution in [1.82, 2.24) is 9.88 Å². The van der Waals surface area contributed by atoms with Crippen LogP contribution < -0.4 is 0 Å². The predicted octanol–water partition coefficient (Wildman–Crippen LogP) is 5.33. The number of fused-ring (bicyclic) bond motifs is 1. The van der Waals surface area contributed by atoms with Gasteiger partial charge in [0.15, 0.2) is 5.01 Å². The van der Waals surface area contributed by atoms with Gasteiger partial charge in [0.25, 0.3) is 5.91 Å². The van der Waals surface area contributed by atoms with Crippen LogP contribution in [0, 0.1) is 0 Å². The zero-order chi connectivity index (χ0) is 19.0. The molecule has 0 unspecified atom stereocenters. The molecule has 2 heterocycles. The van der Waals surface area contributed by atoms with E-state index in [0.717, 1.165) is 16.3 Å². The molecule has 1 fully saturated rings. The number of hydrogen-bond donors (Lipinski definition) is 0. The Balaban J connectivity index is 1.45. The maximum absolute atomic E-state index is 12.9. The minimum Gasteiger partial charge on any atom is -0.337 e. The van der Waals surface area contributed by atoms with Gasteiger partial charge in [-0.3, -0.25) is 4.79 Å². The first-order chi connectivity index (χ1) is 12.9. The number of halogens is 3. The van der Waals surface area contributed by atoms with Crippen molar-refractivity contribution in [1.29, 1.82) is 0 Å². The fourth-order valence-corrected chi connectivity index (χ4v) is 4.42. The van der Waals surface area contributed by atoms with Gasteiger partial charge in [0.1, 0.15) is 0 Å². The summed E-state index contributed by atoms with van der Waals surface area (Å²) >= 11 is 1.37. The van der Waals surface area contributed by atoms with Crippen molar-refractivity contribution in [3.63, 3.8) is 0 Å². The summed E-state index contributed by atoms with van der Waals surface area (Å²) in [5.41, 5.74) is 0.884. The Labute approximate surface area is 158 Å². The molecule has 2 aromatic carbocycles. The number of rotatable bonds is 2. The van der Waals surface area contributed by atoms with Crippen molar-refractivity contribution in [2.24, 2.45) is 0 Å². The van der Waals surface area contributed by atoms with Crippen LogP contribution in [-0.4, -0.2) is 28.9 Å². The van der Waals surface area contributed by atoms with E-state index in [1.54, 1.807) is 11.0 Å². The summed E-state index contributed by atoms with van der Waals surface area (Å²) in [6, 6.07) is 13.1. The second-order valence-corrected chi connectivity index (χ2v) is 7.71. The van der Waals surface area contributed by atoms with Gasteiger partial charge in [-0.15, -0.1) is 11.3 Å². The minimum atomic E-state index is -4.33. The molecule has 0 radical (unpaired) electrons. The van der Waals surface area contributed by atoms with Gasteiger partial charge in [-0.1, -0.05) is 30.3 Å². The van der Waals surface area contributed by atoms with E-state index in [-0.39, 0.29) is 11.8 Å². The predicted molar refractivity (Wildman–Crippen MR) is 98.9 cm³/mol. The van der Waals surface area contributed by atoms with Crippen LogP contribution in [0.15, 0.2) is 48.5 Å². The Bertz CT molecular complexity index is 942. The van der Waals surface area contributed by atoms with Gasteiger partial charge >= 0.3 is 6.18 Å². The fraction of sp³-hybridized carbons (Fsp3) is 0.300. The highest BCUT2D eigenvalue weighted by Gasteiger charge is 2.32. The van der Waals surface area contributed by atoms with Crippen LogP contribution in [0.1, 0.15) is 39.7 Å². The number of thiazole rings is 1. The number of likely N-dealkylation sites (tertiary alicyclic amines) is 1. The number of piperidine rings is 1. The third kappa shape index (κ3) is 3.69. The van der Waals surface area contributed by atoms with Crippen LogP contribution in [-0.2, 0) is 6.18 Å². The van der Waals surface area contributed by atoms with Gasteiger partial charge in [0.2, 0.25) is 0 Å². The van der Waals surface area contributed by atoms with E-state index in [4.69, 9.17) is 0 Å². The lowest BCUT2D eigenvalue weighted by atomic mass is 9.88. The molecule has 1 saturated heterocycles. The molecule has 3 aromatic rings. The molecule has 0 aliphatic carbocycles. The van der Waals surface area contributed by atoms with Crippen LogP contribution in [0.3, 0.4) is 0 Å². The van der Waals surface area contributed by atoms with Crippen LogP contribution in [0.5, 0.6) is 0 Å². The largest absolute Gasteiger partial charge is 0.416 e. The standard InChI is InChI=1S/C20H17F3N2OS/c21-20(22,23)15-5-3-4-14(12-15)13-8-10-25(11-9-13)19(26)18-24-16-6-1-2-7-17(16)27-18/h1-7,12-13H,8-11H2. The first kappa shape index (κ1) is 18.0. The number of hydrogen-bond acceptors (Lipinski definition) is 3. The van der Waals surface area contributed by atoms with Crippen LogP contribution in [0.4, 0.5) is 13.2 Å². The monoisotopic (exact) mass is 390 g/mol. The molecule has 3 nitrogen and oxygen atoms in total. The van der Waals surface area contributed by atoms with E-state index in [2.05, 4.69) is 4.98 Å². The molecule has 1 aromatic heterocycles. The third-order valence-corrected chi connectivity index (χ3v) is 5.97. The van der Waals surface area contributed by atoms with Crippen molar-refractivity contribution in [2.75, 3.05) is 13.1 Å². The third-order valence-electron chi connectivity index (χ3n) is 4.94. The molecule has 1 aliphatic heterocycles. The van der Waals surface area contributed by atoms with Gasteiger partial charge in [-0.25, -0.2) is 4.98 Å². The molecule has 7 heteroatoms. The Morgan fingerprint density at radius 3 is 2.52 bits per heavy atom. The molecular weight excluding hydrogens is 373 g/mol. The molecule has 0 N–H and O–H groups in total. The summed E-state index contributed by atoms with van der Waals surface area (Å²) in [6.07, 6.45) is -3.03. The molecule has 0 bridgehead atoms. The van der Waals surface area contributed by atoms with Crippen molar-refractivity contribution in [2.45, 2.75) is 24.9 Å². The first-order valence-corrected chi connectivity index (χ1v) is 9.55. The van der Waals surface area contributed by atoms with E-state index in [1.165, 1.54) is 23.5 Å². The molecule has 1 aliphatic rings. The Kier molecular flexibility index (Phi) is 4.63. The molecule has 27 heavy (non-hydrogen) atoms. The number of carbonyl (C=O) groups excluding carboxylic acids is 1. The molecule has 0 spiro atoms. The van der Waals surface area contributed by atoms with Gasteiger partial charge in [-0.05, 0) is 42.5 Å². The van der Waals surface area contributed by atoms with Crippen LogP contribution in [0.2, 0.25) is 0 Å². The molecule has 1 amide bonds. The van der Waals surface area contributed by atoms with Gasteiger partial charge in [-0.2, -0.15) is 13.2 Å². The quantitative estimate of drug-likeness (QED) is 0.592. The van der Waals surface area contributed by atoms with Gasteiger partial charge in [0, 0.05) is 13.1 Å². The Morgan fingerprint density at radius 1 is 1.07 bits per heavy atom. The van der Waals surface area contributed by atoms with E-state index in [0.29, 0.717) is 36.5 Å². The summed E-state index contributed by atoms with van der Waals surface area (Å²) in [5.74, 6) is -0.0644. The van der Waals surface area contributed by atoms with Crippen molar-refractivity contribution < 1.29 is 18.0 Å². The maximum atomic E-state index is 12.9.